The molecular formula is C18H32N2O2. The third-order valence-electron chi connectivity index (χ3n) is 5.43. The summed E-state index contributed by atoms with van der Waals surface area (Å²) in [5.74, 6) is 0.658. The van der Waals surface area contributed by atoms with E-state index in [1.165, 1.54) is 19.3 Å². The fourth-order valence-corrected chi connectivity index (χ4v) is 3.72. The average Bonchev–Trinajstić information content (AvgIpc) is 2.35. The minimum absolute atomic E-state index is 0.0335. The van der Waals surface area contributed by atoms with Crippen LogP contribution in [0.15, 0.2) is 0 Å². The highest BCUT2D eigenvalue weighted by Gasteiger charge is 2.36. The maximum Gasteiger partial charge on any atom is 0.242 e. The molecule has 0 unspecified atom stereocenters. The summed E-state index contributed by atoms with van der Waals surface area (Å²) in [6.07, 6.45) is 7.73. The lowest BCUT2D eigenvalue weighted by Gasteiger charge is -2.41. The molecule has 2 aliphatic rings. The number of nitrogens with one attached hydrogen (secondary N) is 2. The predicted molar refractivity (Wildman–Crippen MR) is 88.3 cm³/mol. The summed E-state index contributed by atoms with van der Waals surface area (Å²) in [5.41, 5.74) is 0.205. The zero-order valence-electron chi connectivity index (χ0n) is 14.6. The van der Waals surface area contributed by atoms with E-state index in [4.69, 9.17) is 0 Å². The van der Waals surface area contributed by atoms with Gasteiger partial charge in [0, 0.05) is 12.0 Å². The minimum atomic E-state index is -0.435. The van der Waals surface area contributed by atoms with Crippen molar-refractivity contribution in [2.45, 2.75) is 84.7 Å². The zero-order valence-corrected chi connectivity index (χ0v) is 14.6. The molecule has 2 fully saturated rings. The molecule has 2 amide bonds. The molecule has 2 aliphatic carbocycles. The van der Waals surface area contributed by atoms with E-state index in [-0.39, 0.29) is 29.2 Å². The second-order valence-electron chi connectivity index (χ2n) is 8.23. The van der Waals surface area contributed by atoms with Crippen molar-refractivity contribution >= 4 is 11.8 Å². The molecule has 0 spiro atoms. The Morgan fingerprint density at radius 3 is 2.18 bits per heavy atom. The highest BCUT2D eigenvalue weighted by Crippen LogP contribution is 2.38. The molecule has 0 bridgehead atoms. The van der Waals surface area contributed by atoms with Gasteiger partial charge in [-0.25, -0.2) is 0 Å². The SMILES string of the molecule is C[C@H](NC(=O)C1CCC1)C(=O)N[C@@H]1CCCC[C@@H]1C(C)(C)C. The number of hydrogen-bond donors (Lipinski definition) is 2. The Hall–Kier alpha value is -1.06. The maximum absolute atomic E-state index is 12.4. The lowest BCUT2D eigenvalue weighted by molar-refractivity contribution is -0.133. The van der Waals surface area contributed by atoms with E-state index in [1.54, 1.807) is 6.92 Å². The standard InChI is InChI=1S/C18H32N2O2/c1-12(19-17(22)13-8-7-9-13)16(21)20-15-11-6-5-10-14(15)18(2,3)4/h12-15H,5-11H2,1-4H3,(H,19,22)(H,20,21)/t12-,14-,15+/m0/s1. The smallest absolute Gasteiger partial charge is 0.242 e. The van der Waals surface area contributed by atoms with Crippen LogP contribution < -0.4 is 10.6 Å². The Labute approximate surface area is 134 Å². The lowest BCUT2D eigenvalue weighted by Crippen LogP contribution is -2.53. The van der Waals surface area contributed by atoms with Gasteiger partial charge in [-0.1, -0.05) is 40.0 Å². The van der Waals surface area contributed by atoms with Gasteiger partial charge in [0.2, 0.25) is 11.8 Å². The lowest BCUT2D eigenvalue weighted by atomic mass is 9.69. The van der Waals surface area contributed by atoms with Crippen molar-refractivity contribution in [1.29, 1.82) is 0 Å². The van der Waals surface area contributed by atoms with Crippen LogP contribution in [0.3, 0.4) is 0 Å². The van der Waals surface area contributed by atoms with E-state index in [0.29, 0.717) is 5.92 Å². The summed E-state index contributed by atoms with van der Waals surface area (Å²) in [6, 6.07) is -0.194. The molecule has 0 saturated heterocycles. The van der Waals surface area contributed by atoms with E-state index < -0.39 is 6.04 Å². The second kappa shape index (κ2) is 7.01. The molecule has 0 aromatic heterocycles. The largest absolute Gasteiger partial charge is 0.351 e. The number of amides is 2. The van der Waals surface area contributed by atoms with Crippen LogP contribution >= 0.6 is 0 Å². The highest BCUT2D eigenvalue weighted by atomic mass is 16.2. The number of carbonyl (C=O) groups is 2. The summed E-state index contributed by atoms with van der Waals surface area (Å²) < 4.78 is 0. The van der Waals surface area contributed by atoms with E-state index >= 15 is 0 Å². The molecule has 0 aromatic carbocycles. The Morgan fingerprint density at radius 1 is 1.00 bits per heavy atom. The molecular weight excluding hydrogens is 276 g/mol. The van der Waals surface area contributed by atoms with E-state index in [1.807, 2.05) is 0 Å². The Morgan fingerprint density at radius 2 is 1.64 bits per heavy atom. The molecule has 22 heavy (non-hydrogen) atoms. The molecule has 0 heterocycles. The average molecular weight is 308 g/mol. The van der Waals surface area contributed by atoms with Crippen molar-refractivity contribution in [2.24, 2.45) is 17.3 Å². The predicted octanol–water partition coefficient (Wildman–Crippen LogP) is 3.01. The summed E-state index contributed by atoms with van der Waals surface area (Å²) in [6.45, 7) is 8.55. The first-order valence-corrected chi connectivity index (χ1v) is 8.90. The summed E-state index contributed by atoms with van der Waals surface area (Å²) in [4.78, 5) is 24.4. The van der Waals surface area contributed by atoms with Crippen LogP contribution in [0.25, 0.3) is 0 Å². The van der Waals surface area contributed by atoms with Crippen LogP contribution in [-0.2, 0) is 9.59 Å². The first-order valence-electron chi connectivity index (χ1n) is 8.90. The molecule has 2 N–H and O–H groups in total. The quantitative estimate of drug-likeness (QED) is 0.839. The van der Waals surface area contributed by atoms with Gasteiger partial charge in [0.05, 0.1) is 0 Å². The van der Waals surface area contributed by atoms with Gasteiger partial charge in [0.15, 0.2) is 0 Å². The van der Waals surface area contributed by atoms with E-state index in [0.717, 1.165) is 25.7 Å². The fraction of sp³-hybridized carbons (Fsp3) is 0.889. The molecule has 126 valence electrons. The summed E-state index contributed by atoms with van der Waals surface area (Å²) in [7, 11) is 0. The molecule has 0 radical (unpaired) electrons. The molecule has 2 rings (SSSR count). The number of carbonyl (C=O) groups excluding carboxylic acids is 2. The molecule has 0 aromatic rings. The van der Waals surface area contributed by atoms with Gasteiger partial charge in [-0.2, -0.15) is 0 Å². The van der Waals surface area contributed by atoms with E-state index in [9.17, 15) is 9.59 Å². The van der Waals surface area contributed by atoms with Crippen molar-refractivity contribution in [2.75, 3.05) is 0 Å². The molecule has 2 saturated carbocycles. The van der Waals surface area contributed by atoms with Crippen molar-refractivity contribution in [3.63, 3.8) is 0 Å². The number of rotatable bonds is 4. The first-order chi connectivity index (χ1) is 10.3. The van der Waals surface area contributed by atoms with Crippen molar-refractivity contribution in [1.82, 2.24) is 10.6 Å². The normalized spacial score (nSPS) is 27.6. The minimum Gasteiger partial charge on any atom is -0.351 e. The van der Waals surface area contributed by atoms with Gasteiger partial charge >= 0.3 is 0 Å². The van der Waals surface area contributed by atoms with Crippen LogP contribution in [0.5, 0.6) is 0 Å². The first kappa shape index (κ1) is 17.3. The monoisotopic (exact) mass is 308 g/mol. The maximum atomic E-state index is 12.4. The van der Waals surface area contributed by atoms with Crippen LogP contribution in [0.2, 0.25) is 0 Å². The van der Waals surface area contributed by atoms with Crippen molar-refractivity contribution in [3.05, 3.63) is 0 Å². The topological polar surface area (TPSA) is 58.2 Å². The van der Waals surface area contributed by atoms with Crippen molar-refractivity contribution < 1.29 is 9.59 Å². The Bertz CT molecular complexity index is 410. The highest BCUT2D eigenvalue weighted by molar-refractivity contribution is 5.88. The van der Waals surface area contributed by atoms with Crippen LogP contribution in [0.1, 0.15) is 72.6 Å². The van der Waals surface area contributed by atoms with Crippen LogP contribution in [0.4, 0.5) is 0 Å². The van der Waals surface area contributed by atoms with E-state index in [2.05, 4.69) is 31.4 Å². The third-order valence-corrected chi connectivity index (χ3v) is 5.43. The summed E-state index contributed by atoms with van der Waals surface area (Å²) >= 11 is 0. The Kier molecular flexibility index (Phi) is 5.51. The van der Waals surface area contributed by atoms with Crippen LogP contribution in [0, 0.1) is 17.3 Å². The van der Waals surface area contributed by atoms with Crippen molar-refractivity contribution in [3.8, 4) is 0 Å². The van der Waals surface area contributed by atoms with Gasteiger partial charge in [0.1, 0.15) is 6.04 Å². The molecule has 3 atom stereocenters. The van der Waals surface area contributed by atoms with Gasteiger partial charge in [0.25, 0.3) is 0 Å². The summed E-state index contributed by atoms with van der Waals surface area (Å²) in [5, 5.41) is 6.08. The molecule has 4 nitrogen and oxygen atoms in total. The van der Waals surface area contributed by atoms with Gasteiger partial charge in [-0.15, -0.1) is 0 Å². The fourth-order valence-electron chi connectivity index (χ4n) is 3.72. The van der Waals surface area contributed by atoms with Gasteiger partial charge in [-0.3, -0.25) is 9.59 Å². The number of hydrogen-bond acceptors (Lipinski definition) is 2. The van der Waals surface area contributed by atoms with Gasteiger partial charge < -0.3 is 10.6 Å². The van der Waals surface area contributed by atoms with Crippen LogP contribution in [-0.4, -0.2) is 23.9 Å². The zero-order chi connectivity index (χ0) is 16.3. The molecule has 0 aliphatic heterocycles. The Balaban J connectivity index is 1.87. The third kappa shape index (κ3) is 4.23. The van der Waals surface area contributed by atoms with Gasteiger partial charge in [-0.05, 0) is 43.9 Å². The second-order valence-corrected chi connectivity index (χ2v) is 8.23. The molecule has 4 heteroatoms.